The SMILES string of the molecule is CCOc1ccc([C@@H](C)NC(=O)c2ccc(Br)c(S(=O)(=O)N(C)C)c2)cc1. The molecule has 0 aliphatic rings. The monoisotopic (exact) mass is 454 g/mol. The molecule has 0 heterocycles. The molecule has 0 fully saturated rings. The van der Waals surface area contributed by atoms with Gasteiger partial charge in [0.05, 0.1) is 17.5 Å². The topological polar surface area (TPSA) is 75.7 Å². The Kier molecular flexibility index (Phi) is 7.02. The molecular weight excluding hydrogens is 432 g/mol. The molecule has 0 aromatic heterocycles. The zero-order valence-electron chi connectivity index (χ0n) is 15.7. The fourth-order valence-corrected chi connectivity index (χ4v) is 4.27. The number of hydrogen-bond acceptors (Lipinski definition) is 4. The molecule has 0 aliphatic carbocycles. The summed E-state index contributed by atoms with van der Waals surface area (Å²) in [6, 6.07) is 11.8. The molecule has 1 N–H and O–H groups in total. The van der Waals surface area contributed by atoms with Crippen LogP contribution in [0.2, 0.25) is 0 Å². The largest absolute Gasteiger partial charge is 0.494 e. The van der Waals surface area contributed by atoms with E-state index in [0.29, 0.717) is 11.1 Å². The van der Waals surface area contributed by atoms with Crippen molar-refractivity contribution in [1.29, 1.82) is 0 Å². The number of rotatable bonds is 7. The Labute approximate surface area is 168 Å². The molecule has 0 radical (unpaired) electrons. The van der Waals surface area contributed by atoms with E-state index in [2.05, 4.69) is 21.2 Å². The maximum atomic E-state index is 12.6. The van der Waals surface area contributed by atoms with Gasteiger partial charge in [-0.2, -0.15) is 0 Å². The molecule has 6 nitrogen and oxygen atoms in total. The van der Waals surface area contributed by atoms with E-state index in [1.807, 2.05) is 38.1 Å². The van der Waals surface area contributed by atoms with Crippen molar-refractivity contribution in [3.05, 3.63) is 58.1 Å². The van der Waals surface area contributed by atoms with Gasteiger partial charge >= 0.3 is 0 Å². The summed E-state index contributed by atoms with van der Waals surface area (Å²) in [5.74, 6) is 0.422. The first-order chi connectivity index (χ1) is 12.7. The molecular formula is C19H23BrN2O4S. The predicted molar refractivity (Wildman–Crippen MR) is 109 cm³/mol. The minimum Gasteiger partial charge on any atom is -0.494 e. The van der Waals surface area contributed by atoms with Gasteiger partial charge in [0.15, 0.2) is 0 Å². The lowest BCUT2D eigenvalue weighted by molar-refractivity contribution is 0.0939. The number of sulfonamides is 1. The molecule has 2 rings (SSSR count). The van der Waals surface area contributed by atoms with Gasteiger partial charge in [-0.1, -0.05) is 12.1 Å². The number of nitrogens with one attached hydrogen (secondary N) is 1. The van der Waals surface area contributed by atoms with Crippen LogP contribution in [0.5, 0.6) is 5.75 Å². The van der Waals surface area contributed by atoms with Crippen LogP contribution < -0.4 is 10.1 Å². The molecule has 8 heteroatoms. The molecule has 0 saturated carbocycles. The van der Waals surface area contributed by atoms with E-state index in [-0.39, 0.29) is 22.4 Å². The Morgan fingerprint density at radius 2 is 1.81 bits per heavy atom. The van der Waals surface area contributed by atoms with Crippen molar-refractivity contribution < 1.29 is 17.9 Å². The smallest absolute Gasteiger partial charge is 0.251 e. The molecule has 0 saturated heterocycles. The number of carbonyl (C=O) groups is 1. The molecule has 1 amide bonds. The first-order valence-electron chi connectivity index (χ1n) is 8.42. The zero-order valence-corrected chi connectivity index (χ0v) is 18.1. The van der Waals surface area contributed by atoms with E-state index < -0.39 is 10.0 Å². The van der Waals surface area contributed by atoms with Crippen LogP contribution in [0.4, 0.5) is 0 Å². The van der Waals surface area contributed by atoms with Crippen molar-refractivity contribution in [3.8, 4) is 5.75 Å². The quantitative estimate of drug-likeness (QED) is 0.693. The lowest BCUT2D eigenvalue weighted by Crippen LogP contribution is -2.27. The van der Waals surface area contributed by atoms with Gasteiger partial charge in [-0.15, -0.1) is 0 Å². The molecule has 0 aliphatic heterocycles. The third kappa shape index (κ3) is 5.09. The molecule has 1 atom stereocenters. The average Bonchev–Trinajstić information content (AvgIpc) is 2.62. The summed E-state index contributed by atoms with van der Waals surface area (Å²) >= 11 is 3.24. The van der Waals surface area contributed by atoms with E-state index in [4.69, 9.17) is 4.74 Å². The Hall–Kier alpha value is -1.90. The number of halogens is 1. The van der Waals surface area contributed by atoms with Crippen molar-refractivity contribution in [2.24, 2.45) is 0 Å². The van der Waals surface area contributed by atoms with Crippen molar-refractivity contribution in [3.63, 3.8) is 0 Å². The first kappa shape index (κ1) is 21.4. The fraction of sp³-hybridized carbons (Fsp3) is 0.316. The second-order valence-corrected chi connectivity index (χ2v) is 9.10. The van der Waals surface area contributed by atoms with Crippen LogP contribution >= 0.6 is 15.9 Å². The molecule has 2 aromatic carbocycles. The van der Waals surface area contributed by atoms with E-state index in [1.54, 1.807) is 12.1 Å². The minimum atomic E-state index is -3.66. The number of hydrogen-bond donors (Lipinski definition) is 1. The van der Waals surface area contributed by atoms with E-state index >= 15 is 0 Å². The normalized spacial score (nSPS) is 12.7. The van der Waals surface area contributed by atoms with Crippen LogP contribution in [0.3, 0.4) is 0 Å². The Balaban J connectivity index is 2.20. The Bertz CT molecular complexity index is 912. The number of amides is 1. The van der Waals surface area contributed by atoms with Crippen molar-refractivity contribution >= 4 is 31.9 Å². The highest BCUT2D eigenvalue weighted by Gasteiger charge is 2.22. The summed E-state index contributed by atoms with van der Waals surface area (Å²) < 4.78 is 31.7. The Morgan fingerprint density at radius 1 is 1.19 bits per heavy atom. The van der Waals surface area contributed by atoms with Gasteiger partial charge in [0.2, 0.25) is 10.0 Å². The summed E-state index contributed by atoms with van der Waals surface area (Å²) in [5, 5.41) is 2.89. The highest BCUT2D eigenvalue weighted by Crippen LogP contribution is 2.26. The second kappa shape index (κ2) is 8.86. The molecule has 0 spiro atoms. The van der Waals surface area contributed by atoms with Gasteiger partial charge in [-0.3, -0.25) is 4.79 Å². The van der Waals surface area contributed by atoms with Crippen LogP contribution in [0.25, 0.3) is 0 Å². The summed E-state index contributed by atoms with van der Waals surface area (Å²) in [6.07, 6.45) is 0. The van der Waals surface area contributed by atoms with E-state index in [0.717, 1.165) is 15.6 Å². The maximum absolute atomic E-state index is 12.6. The minimum absolute atomic E-state index is 0.0499. The first-order valence-corrected chi connectivity index (χ1v) is 10.7. The number of nitrogens with zero attached hydrogens (tertiary/aromatic N) is 1. The van der Waals surface area contributed by atoms with E-state index in [9.17, 15) is 13.2 Å². The van der Waals surface area contributed by atoms with Gasteiger partial charge < -0.3 is 10.1 Å². The molecule has 0 unspecified atom stereocenters. The Morgan fingerprint density at radius 3 is 2.37 bits per heavy atom. The number of benzene rings is 2. The third-order valence-electron chi connectivity index (χ3n) is 3.99. The molecule has 2 aromatic rings. The van der Waals surface area contributed by atoms with E-state index in [1.165, 1.54) is 20.2 Å². The van der Waals surface area contributed by atoms with Gasteiger partial charge in [-0.05, 0) is 65.7 Å². The maximum Gasteiger partial charge on any atom is 0.251 e. The standard InChI is InChI=1S/C19H23BrN2O4S/c1-5-26-16-9-6-14(7-10-16)13(2)21-19(23)15-8-11-17(20)18(12-15)27(24,25)22(3)4/h6-13H,5H2,1-4H3,(H,21,23)/t13-/m1/s1. The van der Waals surface area contributed by atoms with Crippen LogP contribution in [0.15, 0.2) is 51.8 Å². The van der Waals surface area contributed by atoms with Crippen LogP contribution in [0, 0.1) is 0 Å². The fourth-order valence-electron chi connectivity index (χ4n) is 2.42. The van der Waals surface area contributed by atoms with Crippen LogP contribution in [-0.4, -0.2) is 39.3 Å². The molecule has 27 heavy (non-hydrogen) atoms. The summed E-state index contributed by atoms with van der Waals surface area (Å²) in [4.78, 5) is 12.6. The predicted octanol–water partition coefficient (Wildman–Crippen LogP) is 3.59. The summed E-state index contributed by atoms with van der Waals surface area (Å²) in [6.45, 7) is 4.37. The molecule has 146 valence electrons. The van der Waals surface area contributed by atoms with Crippen molar-refractivity contribution in [2.45, 2.75) is 24.8 Å². The highest BCUT2D eigenvalue weighted by molar-refractivity contribution is 9.10. The lowest BCUT2D eigenvalue weighted by atomic mass is 10.1. The van der Waals surface area contributed by atoms with Gasteiger partial charge in [0, 0.05) is 24.1 Å². The average molecular weight is 455 g/mol. The van der Waals surface area contributed by atoms with Crippen LogP contribution in [-0.2, 0) is 10.0 Å². The number of ether oxygens (including phenoxy) is 1. The summed E-state index contributed by atoms with van der Waals surface area (Å²) in [7, 11) is -0.768. The van der Waals surface area contributed by atoms with Crippen molar-refractivity contribution in [2.75, 3.05) is 20.7 Å². The highest BCUT2D eigenvalue weighted by atomic mass is 79.9. The number of carbonyl (C=O) groups excluding carboxylic acids is 1. The second-order valence-electron chi connectivity index (χ2n) is 6.13. The van der Waals surface area contributed by atoms with Crippen LogP contribution in [0.1, 0.15) is 35.8 Å². The van der Waals surface area contributed by atoms with Gasteiger partial charge in [0.1, 0.15) is 5.75 Å². The molecule has 0 bridgehead atoms. The zero-order chi connectivity index (χ0) is 20.2. The lowest BCUT2D eigenvalue weighted by Gasteiger charge is -2.17. The summed E-state index contributed by atoms with van der Waals surface area (Å²) in [5.41, 5.74) is 1.20. The van der Waals surface area contributed by atoms with Gasteiger partial charge in [0.25, 0.3) is 5.91 Å². The third-order valence-corrected chi connectivity index (χ3v) is 6.80. The van der Waals surface area contributed by atoms with Crippen molar-refractivity contribution in [1.82, 2.24) is 9.62 Å². The van der Waals surface area contributed by atoms with Gasteiger partial charge in [-0.25, -0.2) is 12.7 Å².